The minimum atomic E-state index is -0.203. The highest BCUT2D eigenvalue weighted by Gasteiger charge is 2.24. The zero-order valence-corrected chi connectivity index (χ0v) is 18.3. The molecule has 1 unspecified atom stereocenters. The topological polar surface area (TPSA) is 87.0 Å². The smallest absolute Gasteiger partial charge is 0.271 e. The number of hydrogen-bond donors (Lipinski definition) is 2. The SMILES string of the molecule is CCNC(=O)c1cc2nc(N3C=CC(c4cccc(C)c4)N3)cc(N3CCOCC3)n2n1. The lowest BCUT2D eigenvalue weighted by Gasteiger charge is -2.29. The first-order chi connectivity index (χ1) is 15.6. The Morgan fingerprint density at radius 1 is 1.25 bits per heavy atom. The highest BCUT2D eigenvalue weighted by Crippen LogP contribution is 2.28. The minimum Gasteiger partial charge on any atom is -0.378 e. The number of fused-ring (bicyclic) bond motifs is 1. The highest BCUT2D eigenvalue weighted by molar-refractivity contribution is 5.93. The van der Waals surface area contributed by atoms with E-state index in [-0.39, 0.29) is 11.9 Å². The quantitative estimate of drug-likeness (QED) is 0.638. The van der Waals surface area contributed by atoms with E-state index in [9.17, 15) is 4.79 Å². The fourth-order valence-electron chi connectivity index (χ4n) is 4.05. The van der Waals surface area contributed by atoms with Gasteiger partial charge in [-0.25, -0.2) is 10.4 Å². The molecular formula is C23H27N7O2. The number of carbonyl (C=O) groups excluding carboxylic acids is 1. The summed E-state index contributed by atoms with van der Waals surface area (Å²) < 4.78 is 7.27. The zero-order chi connectivity index (χ0) is 22.1. The van der Waals surface area contributed by atoms with Crippen LogP contribution in [0.3, 0.4) is 0 Å². The number of amides is 1. The Morgan fingerprint density at radius 2 is 2.09 bits per heavy atom. The van der Waals surface area contributed by atoms with E-state index in [1.807, 2.05) is 24.2 Å². The zero-order valence-electron chi connectivity index (χ0n) is 18.3. The van der Waals surface area contributed by atoms with Crippen LogP contribution in [0.1, 0.15) is 34.6 Å². The standard InChI is InChI=1S/C23H27N7O2/c1-3-24-23(31)19-14-21-25-20(15-22(30(21)27-19)28-9-11-32-12-10-28)29-8-7-18(26-29)17-6-4-5-16(2)13-17/h4-8,13-15,18,26H,3,9-12H2,1-2H3,(H,24,31). The molecule has 1 amide bonds. The maximum Gasteiger partial charge on any atom is 0.271 e. The molecule has 1 aromatic carbocycles. The maximum atomic E-state index is 12.4. The van der Waals surface area contributed by atoms with Gasteiger partial charge in [-0.05, 0) is 25.5 Å². The number of aromatic nitrogens is 3. The van der Waals surface area contributed by atoms with Crippen molar-refractivity contribution in [2.45, 2.75) is 19.9 Å². The lowest BCUT2D eigenvalue weighted by Crippen LogP contribution is -2.38. The van der Waals surface area contributed by atoms with Crippen LogP contribution in [0.2, 0.25) is 0 Å². The molecule has 3 aromatic rings. The maximum absolute atomic E-state index is 12.4. The van der Waals surface area contributed by atoms with Crippen LogP contribution in [0.25, 0.3) is 5.65 Å². The summed E-state index contributed by atoms with van der Waals surface area (Å²) in [5.41, 5.74) is 6.90. The number of hydrogen-bond acceptors (Lipinski definition) is 7. The third kappa shape index (κ3) is 3.92. The van der Waals surface area contributed by atoms with Gasteiger partial charge in [-0.15, -0.1) is 0 Å². The third-order valence-corrected chi connectivity index (χ3v) is 5.65. The molecule has 0 bridgehead atoms. The van der Waals surface area contributed by atoms with Gasteiger partial charge in [0.2, 0.25) is 0 Å². The van der Waals surface area contributed by atoms with Gasteiger partial charge >= 0.3 is 0 Å². The predicted octanol–water partition coefficient (Wildman–Crippen LogP) is 2.20. The summed E-state index contributed by atoms with van der Waals surface area (Å²) in [6.45, 7) is 7.34. The lowest BCUT2D eigenvalue weighted by molar-refractivity contribution is 0.0950. The number of aryl methyl sites for hydroxylation is 1. The van der Waals surface area contributed by atoms with Gasteiger partial charge in [-0.1, -0.05) is 29.8 Å². The van der Waals surface area contributed by atoms with Gasteiger partial charge in [0.05, 0.1) is 19.3 Å². The average molecular weight is 434 g/mol. The molecule has 0 spiro atoms. The molecule has 9 nitrogen and oxygen atoms in total. The van der Waals surface area contributed by atoms with Crippen molar-refractivity contribution in [3.05, 3.63) is 65.5 Å². The molecule has 9 heteroatoms. The van der Waals surface area contributed by atoms with Crippen LogP contribution in [0.5, 0.6) is 0 Å². The number of anilines is 2. The Kier molecular flexibility index (Phi) is 5.50. The largest absolute Gasteiger partial charge is 0.378 e. The number of nitrogens with one attached hydrogen (secondary N) is 2. The van der Waals surface area contributed by atoms with Gasteiger partial charge in [-0.3, -0.25) is 9.80 Å². The normalized spacial score (nSPS) is 18.5. The van der Waals surface area contributed by atoms with Crippen molar-refractivity contribution in [3.8, 4) is 0 Å². The number of rotatable bonds is 5. The molecule has 166 valence electrons. The van der Waals surface area contributed by atoms with Crippen molar-refractivity contribution in [1.29, 1.82) is 0 Å². The lowest BCUT2D eigenvalue weighted by atomic mass is 10.1. The van der Waals surface area contributed by atoms with Crippen molar-refractivity contribution in [2.24, 2.45) is 0 Å². The van der Waals surface area contributed by atoms with E-state index in [1.165, 1.54) is 11.1 Å². The summed E-state index contributed by atoms with van der Waals surface area (Å²) >= 11 is 0. The molecule has 2 aliphatic heterocycles. The Labute approximate surface area is 186 Å². The van der Waals surface area contributed by atoms with Crippen molar-refractivity contribution in [1.82, 2.24) is 25.3 Å². The number of morpholine rings is 1. The van der Waals surface area contributed by atoms with Crippen molar-refractivity contribution in [2.75, 3.05) is 42.8 Å². The third-order valence-electron chi connectivity index (χ3n) is 5.65. The fourth-order valence-corrected chi connectivity index (χ4v) is 4.05. The van der Waals surface area contributed by atoms with E-state index in [0.717, 1.165) is 24.7 Å². The number of nitrogens with zero attached hydrogens (tertiary/aromatic N) is 5. The summed E-state index contributed by atoms with van der Waals surface area (Å²) in [5.74, 6) is 1.43. The van der Waals surface area contributed by atoms with Crippen LogP contribution in [-0.4, -0.2) is 53.4 Å². The molecule has 2 aromatic heterocycles. The molecule has 4 heterocycles. The summed E-state index contributed by atoms with van der Waals surface area (Å²) in [7, 11) is 0. The minimum absolute atomic E-state index is 0.0653. The molecule has 1 atom stereocenters. The summed E-state index contributed by atoms with van der Waals surface area (Å²) in [6, 6.07) is 12.3. The number of hydrazine groups is 1. The molecule has 1 saturated heterocycles. The Bertz CT molecular complexity index is 1170. The van der Waals surface area contributed by atoms with E-state index in [4.69, 9.17) is 9.72 Å². The highest BCUT2D eigenvalue weighted by atomic mass is 16.5. The van der Waals surface area contributed by atoms with Crippen LogP contribution in [0.4, 0.5) is 11.6 Å². The van der Waals surface area contributed by atoms with E-state index in [0.29, 0.717) is 31.1 Å². The number of carbonyl (C=O) groups is 1. The molecule has 2 N–H and O–H groups in total. The molecule has 0 radical (unpaired) electrons. The number of benzene rings is 1. The Hall–Kier alpha value is -3.43. The second-order valence-electron chi connectivity index (χ2n) is 7.96. The first-order valence-corrected chi connectivity index (χ1v) is 10.9. The average Bonchev–Trinajstić information content (AvgIpc) is 3.47. The second kappa shape index (κ2) is 8.60. The van der Waals surface area contributed by atoms with Crippen LogP contribution in [0, 0.1) is 6.92 Å². The Morgan fingerprint density at radius 3 is 2.88 bits per heavy atom. The Balaban J connectivity index is 1.50. The van der Waals surface area contributed by atoms with Crippen LogP contribution in [-0.2, 0) is 4.74 Å². The molecule has 5 rings (SSSR count). The predicted molar refractivity (Wildman–Crippen MR) is 123 cm³/mol. The van der Waals surface area contributed by atoms with Crippen LogP contribution in [0.15, 0.2) is 48.7 Å². The summed E-state index contributed by atoms with van der Waals surface area (Å²) in [5, 5.41) is 9.29. The van der Waals surface area contributed by atoms with E-state index < -0.39 is 0 Å². The van der Waals surface area contributed by atoms with Crippen LogP contribution < -0.4 is 20.7 Å². The first-order valence-electron chi connectivity index (χ1n) is 10.9. The summed E-state index contributed by atoms with van der Waals surface area (Å²) in [6.07, 6.45) is 4.11. The van der Waals surface area contributed by atoms with Gasteiger partial charge in [0.1, 0.15) is 5.82 Å². The van der Waals surface area contributed by atoms with Gasteiger partial charge in [0.25, 0.3) is 5.91 Å². The molecule has 1 fully saturated rings. The molecule has 2 aliphatic rings. The van der Waals surface area contributed by atoms with Crippen LogP contribution >= 0.6 is 0 Å². The van der Waals surface area contributed by atoms with Crippen molar-refractivity contribution in [3.63, 3.8) is 0 Å². The summed E-state index contributed by atoms with van der Waals surface area (Å²) in [4.78, 5) is 19.4. The van der Waals surface area contributed by atoms with E-state index >= 15 is 0 Å². The molecule has 0 aliphatic carbocycles. The second-order valence-corrected chi connectivity index (χ2v) is 7.96. The van der Waals surface area contributed by atoms with Crippen molar-refractivity contribution >= 4 is 23.2 Å². The molecular weight excluding hydrogens is 406 g/mol. The van der Waals surface area contributed by atoms with Gasteiger partial charge < -0.3 is 15.0 Å². The van der Waals surface area contributed by atoms with E-state index in [1.54, 1.807) is 10.6 Å². The monoisotopic (exact) mass is 433 g/mol. The van der Waals surface area contributed by atoms with E-state index in [2.05, 4.69) is 58.0 Å². The van der Waals surface area contributed by atoms with Crippen molar-refractivity contribution < 1.29 is 9.53 Å². The molecule has 0 saturated carbocycles. The first kappa shape index (κ1) is 20.5. The number of ether oxygens (including phenoxy) is 1. The molecule has 32 heavy (non-hydrogen) atoms. The van der Waals surface area contributed by atoms with Gasteiger partial charge in [0, 0.05) is 38.0 Å². The van der Waals surface area contributed by atoms with Gasteiger partial charge in [0.15, 0.2) is 17.2 Å². The van der Waals surface area contributed by atoms with Gasteiger partial charge in [-0.2, -0.15) is 9.61 Å². The fraction of sp³-hybridized carbons (Fsp3) is 0.348.